The van der Waals surface area contributed by atoms with Crippen molar-refractivity contribution >= 4 is 58.6 Å². The van der Waals surface area contributed by atoms with Gasteiger partial charge in [0.1, 0.15) is 35.7 Å². The maximum Gasteiger partial charge on any atom is 0.319 e. The first-order valence-electron chi connectivity index (χ1n) is 20.2. The van der Waals surface area contributed by atoms with Gasteiger partial charge in [0.15, 0.2) is 5.78 Å². The smallest absolute Gasteiger partial charge is 0.319 e. The van der Waals surface area contributed by atoms with Crippen LogP contribution in [0, 0.1) is 12.8 Å². The predicted octanol–water partition coefficient (Wildman–Crippen LogP) is 2.70. The molecule has 15 nitrogen and oxygen atoms in total. The number of hydrogen-bond donors (Lipinski definition) is 5. The van der Waals surface area contributed by atoms with Crippen LogP contribution in [0.3, 0.4) is 0 Å². The van der Waals surface area contributed by atoms with E-state index in [4.69, 9.17) is 11.6 Å². The van der Waals surface area contributed by atoms with E-state index in [0.717, 1.165) is 11.1 Å². The molecule has 1 aliphatic carbocycles. The Kier molecular flexibility index (Phi) is 13.1. The lowest BCUT2D eigenvalue weighted by Crippen LogP contribution is -2.62. The van der Waals surface area contributed by atoms with Gasteiger partial charge in [0.2, 0.25) is 29.5 Å². The summed E-state index contributed by atoms with van der Waals surface area (Å²) in [5.41, 5.74) is 1.34. The number of carbonyl (C=O) groups is 7. The summed E-state index contributed by atoms with van der Waals surface area (Å²) >= 11 is 6.08. The number of amides is 7. The van der Waals surface area contributed by atoms with Crippen LogP contribution in [0.15, 0.2) is 48.5 Å². The summed E-state index contributed by atoms with van der Waals surface area (Å²) in [4.78, 5) is 99.6. The highest BCUT2D eigenvalue weighted by Gasteiger charge is 2.63. The molecule has 1 saturated carbocycles. The SMILES string of the molecule is Cc1cccc(C[C@H](NC(=O)Nc2cccc(Cl)c2)C(=O)N[C@H](C(=O)N2CCC[C@H]2C(=O)N2CCCC[C@H]2C(=O)N[C@@H](C)C(=O)N2C[C@H](C)C[C@@]23CC3=O)[C@H](C)O)c1. The van der Waals surface area contributed by atoms with Gasteiger partial charge >= 0.3 is 6.03 Å². The quantitative estimate of drug-likeness (QED) is 0.216. The molecule has 0 radical (unpaired) electrons. The van der Waals surface area contributed by atoms with Crippen LogP contribution < -0.4 is 21.3 Å². The van der Waals surface area contributed by atoms with Crippen LogP contribution in [0.5, 0.6) is 0 Å². The van der Waals surface area contributed by atoms with Crippen molar-refractivity contribution in [2.45, 2.75) is 121 Å². The Morgan fingerprint density at radius 3 is 2.29 bits per heavy atom. The Hall–Kier alpha value is -5.02. The van der Waals surface area contributed by atoms with Crippen molar-refractivity contribution < 1.29 is 38.7 Å². The zero-order valence-corrected chi connectivity index (χ0v) is 34.2. The standard InChI is InChI=1S/C42H54ClN7O8/c1-24-10-7-11-28(18-24)19-31(46-41(58)45-30-13-8-12-29(43)20-30)36(53)47-35(27(4)51)40(57)49-17-9-15-33(49)39(56)48-16-6-5-14-32(48)37(54)44-26(3)38(55)50-23-25(2)21-42(50)22-34(42)52/h7-8,10-13,18,20,25-27,31-33,35,51H,5-6,9,14-17,19,21-23H2,1-4H3,(H,44,54)(H,47,53)(H2,45,46,58)/t25-,26+,27+,31+,32+,33+,35+,42+/m1/s1. The number of ketones is 1. The minimum atomic E-state index is -1.46. The van der Waals surface area contributed by atoms with E-state index in [9.17, 15) is 38.7 Å². The molecule has 0 unspecified atom stereocenters. The molecule has 3 aliphatic heterocycles. The van der Waals surface area contributed by atoms with Crippen molar-refractivity contribution in [1.29, 1.82) is 0 Å². The molecule has 4 aliphatic rings. The molecule has 3 saturated heterocycles. The lowest BCUT2D eigenvalue weighted by Gasteiger charge is -2.39. The summed E-state index contributed by atoms with van der Waals surface area (Å²) in [5.74, 6) is -2.40. The number of nitrogens with zero attached hydrogens (tertiary/aromatic N) is 3. The molecule has 6 rings (SSSR count). The lowest BCUT2D eigenvalue weighted by atomic mass is 9.99. The second kappa shape index (κ2) is 17.9. The van der Waals surface area contributed by atoms with E-state index >= 15 is 0 Å². The van der Waals surface area contributed by atoms with Gasteiger partial charge in [0.05, 0.1) is 6.10 Å². The van der Waals surface area contributed by atoms with E-state index in [1.165, 1.54) is 16.7 Å². The molecule has 312 valence electrons. The van der Waals surface area contributed by atoms with Crippen LogP contribution in [0.4, 0.5) is 10.5 Å². The monoisotopic (exact) mass is 819 g/mol. The van der Waals surface area contributed by atoms with Gasteiger partial charge in [-0.1, -0.05) is 54.4 Å². The van der Waals surface area contributed by atoms with Crippen molar-refractivity contribution in [1.82, 2.24) is 30.7 Å². The summed E-state index contributed by atoms with van der Waals surface area (Å²) in [6, 6.07) is 7.88. The highest BCUT2D eigenvalue weighted by Crippen LogP contribution is 2.48. The lowest BCUT2D eigenvalue weighted by molar-refractivity contribution is -0.152. The maximum atomic E-state index is 14.3. The average Bonchev–Trinajstić information content (AvgIpc) is 3.46. The molecule has 4 fully saturated rings. The van der Waals surface area contributed by atoms with Crippen LogP contribution in [0.1, 0.15) is 76.8 Å². The summed E-state index contributed by atoms with van der Waals surface area (Å²) < 4.78 is 0. The largest absolute Gasteiger partial charge is 0.391 e. The molecule has 16 heteroatoms. The maximum absolute atomic E-state index is 14.3. The first kappa shape index (κ1) is 42.6. The van der Waals surface area contributed by atoms with E-state index in [1.807, 2.05) is 38.1 Å². The molecule has 2 aromatic carbocycles. The topological polar surface area (TPSA) is 198 Å². The molecule has 58 heavy (non-hydrogen) atoms. The first-order valence-corrected chi connectivity index (χ1v) is 20.6. The van der Waals surface area contributed by atoms with Gasteiger partial charge in [0, 0.05) is 43.2 Å². The van der Waals surface area contributed by atoms with Crippen molar-refractivity contribution in [3.8, 4) is 0 Å². The molecule has 5 N–H and O–H groups in total. The number of urea groups is 1. The van der Waals surface area contributed by atoms with Gasteiger partial charge in [0.25, 0.3) is 0 Å². The Labute approximate surface area is 343 Å². The number of benzene rings is 2. The third-order valence-corrected chi connectivity index (χ3v) is 12.0. The van der Waals surface area contributed by atoms with Gasteiger partial charge in [-0.25, -0.2) is 4.79 Å². The third kappa shape index (κ3) is 9.47. The number of anilines is 1. The number of aliphatic hydroxyl groups is 1. The molecule has 2 aromatic rings. The minimum Gasteiger partial charge on any atom is -0.391 e. The molecule has 7 amide bonds. The van der Waals surface area contributed by atoms with Crippen molar-refractivity contribution in [2.75, 3.05) is 25.0 Å². The number of Topliss-reactive ketones (excluding diaryl/α,β-unsaturated/α-hetero) is 1. The van der Waals surface area contributed by atoms with E-state index in [2.05, 4.69) is 21.3 Å². The Bertz CT molecular complexity index is 1940. The predicted molar refractivity (Wildman–Crippen MR) is 215 cm³/mol. The first-order chi connectivity index (χ1) is 27.6. The second-order valence-electron chi connectivity index (χ2n) is 16.4. The van der Waals surface area contributed by atoms with Crippen molar-refractivity contribution in [3.05, 3.63) is 64.7 Å². The average molecular weight is 820 g/mol. The number of aryl methyl sites for hydroxylation is 1. The van der Waals surface area contributed by atoms with Crippen LogP contribution in [0.25, 0.3) is 0 Å². The van der Waals surface area contributed by atoms with Crippen LogP contribution >= 0.6 is 11.6 Å². The van der Waals surface area contributed by atoms with E-state index < -0.39 is 71.5 Å². The summed E-state index contributed by atoms with van der Waals surface area (Å²) in [5, 5.41) is 22.1. The second-order valence-corrected chi connectivity index (χ2v) is 16.9. The van der Waals surface area contributed by atoms with Gasteiger partial charge in [-0.15, -0.1) is 0 Å². The zero-order valence-electron chi connectivity index (χ0n) is 33.5. The molecule has 1 spiro atoms. The number of piperidine rings is 1. The number of rotatable bonds is 12. The van der Waals surface area contributed by atoms with Crippen molar-refractivity contribution in [2.24, 2.45) is 5.92 Å². The van der Waals surface area contributed by atoms with E-state index in [1.54, 1.807) is 36.1 Å². The van der Waals surface area contributed by atoms with E-state index in [0.29, 0.717) is 62.2 Å². The van der Waals surface area contributed by atoms with Crippen LogP contribution in [-0.2, 0) is 35.2 Å². The van der Waals surface area contributed by atoms with Gasteiger partial charge in [-0.3, -0.25) is 28.8 Å². The fourth-order valence-electron chi connectivity index (χ4n) is 8.74. The molecule has 8 atom stereocenters. The van der Waals surface area contributed by atoms with Crippen LogP contribution in [0.2, 0.25) is 5.02 Å². The summed E-state index contributed by atoms with van der Waals surface area (Å²) in [6.07, 6.45) is 2.14. The highest BCUT2D eigenvalue weighted by molar-refractivity contribution is 6.30. The van der Waals surface area contributed by atoms with Crippen molar-refractivity contribution in [3.63, 3.8) is 0 Å². The molecule has 0 bridgehead atoms. The normalized spacial score (nSPS) is 24.8. The van der Waals surface area contributed by atoms with E-state index in [-0.39, 0.29) is 37.1 Å². The van der Waals surface area contributed by atoms with Gasteiger partial charge in [-0.2, -0.15) is 0 Å². The zero-order chi connectivity index (χ0) is 41.9. The Morgan fingerprint density at radius 1 is 0.897 bits per heavy atom. The number of hydrogen-bond acceptors (Lipinski definition) is 8. The number of aliphatic hydroxyl groups excluding tert-OH is 1. The minimum absolute atomic E-state index is 0.0388. The molecule has 0 aromatic heterocycles. The number of likely N-dealkylation sites (tertiary alicyclic amines) is 3. The van der Waals surface area contributed by atoms with Gasteiger partial charge < -0.3 is 41.1 Å². The summed E-state index contributed by atoms with van der Waals surface area (Å²) in [6.45, 7) is 7.76. The third-order valence-electron chi connectivity index (χ3n) is 11.7. The highest BCUT2D eigenvalue weighted by atomic mass is 35.5. The Morgan fingerprint density at radius 2 is 1.60 bits per heavy atom. The fraction of sp³-hybridized carbons (Fsp3) is 0.548. The molecular weight excluding hydrogens is 766 g/mol. The summed E-state index contributed by atoms with van der Waals surface area (Å²) in [7, 11) is 0. The molecule has 3 heterocycles. The number of carbonyl (C=O) groups excluding carboxylic acids is 7. The van der Waals surface area contributed by atoms with Gasteiger partial charge in [-0.05, 0) is 89.0 Å². The fourth-order valence-corrected chi connectivity index (χ4v) is 8.93. The number of nitrogens with one attached hydrogen (secondary N) is 4. The number of halogens is 1. The molecular formula is C42H54ClN7O8. The Balaban J connectivity index is 1.13. The van der Waals surface area contributed by atoms with Crippen LogP contribution in [-0.4, -0.2) is 123 Å².